The Morgan fingerprint density at radius 3 is 2.55 bits per heavy atom. The van der Waals surface area contributed by atoms with Gasteiger partial charge in [0.25, 0.3) is 0 Å². The molecule has 1 aliphatic rings. The van der Waals surface area contributed by atoms with Crippen molar-refractivity contribution < 1.29 is 9.53 Å². The van der Waals surface area contributed by atoms with E-state index in [1.807, 2.05) is 0 Å². The van der Waals surface area contributed by atoms with Crippen LogP contribution in [-0.2, 0) is 16.0 Å². The first kappa shape index (κ1) is 15.3. The molecule has 1 aromatic carbocycles. The van der Waals surface area contributed by atoms with Gasteiger partial charge in [0.2, 0.25) is 5.91 Å². The van der Waals surface area contributed by atoms with Gasteiger partial charge in [-0.05, 0) is 31.7 Å². The maximum Gasteiger partial charge on any atom is 0.220 e. The molecule has 1 aromatic rings. The summed E-state index contributed by atoms with van der Waals surface area (Å²) >= 11 is 6.05. The zero-order chi connectivity index (χ0) is 14.4. The van der Waals surface area contributed by atoms with E-state index in [4.69, 9.17) is 16.3 Å². The van der Waals surface area contributed by atoms with Crippen molar-refractivity contribution in [3.63, 3.8) is 0 Å². The van der Waals surface area contributed by atoms with Crippen molar-refractivity contribution in [3.05, 3.63) is 35.4 Å². The van der Waals surface area contributed by atoms with Gasteiger partial charge >= 0.3 is 0 Å². The molecule has 1 N–H and O–H groups in total. The van der Waals surface area contributed by atoms with E-state index >= 15 is 0 Å². The molecule has 1 amide bonds. The molecule has 20 heavy (non-hydrogen) atoms. The second-order valence-corrected chi connectivity index (χ2v) is 5.83. The molecule has 3 nitrogen and oxygen atoms in total. The first-order valence-electron chi connectivity index (χ1n) is 7.14. The minimum atomic E-state index is -0.274. The lowest BCUT2D eigenvalue weighted by Gasteiger charge is -2.36. The topological polar surface area (TPSA) is 38.3 Å². The van der Waals surface area contributed by atoms with Crippen LogP contribution in [0.5, 0.6) is 0 Å². The molecule has 0 aliphatic carbocycles. The van der Waals surface area contributed by atoms with Gasteiger partial charge in [-0.25, -0.2) is 0 Å². The Bertz CT molecular complexity index is 438. The van der Waals surface area contributed by atoms with Gasteiger partial charge in [-0.1, -0.05) is 29.8 Å². The lowest BCUT2D eigenvalue weighted by atomic mass is 9.92. The molecule has 1 heterocycles. The summed E-state index contributed by atoms with van der Waals surface area (Å²) in [5, 5.41) is 3.11. The number of ether oxygens (including phenoxy) is 1. The average Bonchev–Trinajstić information content (AvgIpc) is 2.47. The molecule has 0 unspecified atom stereocenters. The predicted molar refractivity (Wildman–Crippen MR) is 81.1 cm³/mol. The second-order valence-electron chi connectivity index (χ2n) is 5.56. The first-order valence-corrected chi connectivity index (χ1v) is 7.67. The Morgan fingerprint density at radius 2 is 1.95 bits per heavy atom. The highest BCUT2D eigenvalue weighted by atomic mass is 35.5. The third kappa shape index (κ3) is 4.22. The van der Waals surface area contributed by atoms with Gasteiger partial charge in [0.1, 0.15) is 0 Å². The van der Waals surface area contributed by atoms with Crippen LogP contribution in [0.2, 0.25) is 0 Å². The fourth-order valence-electron chi connectivity index (χ4n) is 2.43. The number of carbonyl (C=O) groups excluding carboxylic acids is 1. The molecule has 4 heteroatoms. The van der Waals surface area contributed by atoms with E-state index in [9.17, 15) is 4.79 Å². The van der Waals surface area contributed by atoms with Crippen molar-refractivity contribution in [1.82, 2.24) is 5.32 Å². The number of hydrogen-bond donors (Lipinski definition) is 1. The van der Waals surface area contributed by atoms with E-state index in [1.54, 1.807) is 0 Å². The maximum atomic E-state index is 12.1. The van der Waals surface area contributed by atoms with E-state index in [1.165, 1.54) is 11.1 Å². The van der Waals surface area contributed by atoms with Crippen molar-refractivity contribution in [1.29, 1.82) is 0 Å². The number of carbonyl (C=O) groups is 1. The summed E-state index contributed by atoms with van der Waals surface area (Å²) in [6.07, 6.45) is 2.86. The molecule has 1 aliphatic heterocycles. The summed E-state index contributed by atoms with van der Waals surface area (Å²) in [7, 11) is 0. The van der Waals surface area contributed by atoms with E-state index in [2.05, 4.69) is 36.5 Å². The molecule has 0 spiro atoms. The zero-order valence-corrected chi connectivity index (χ0v) is 12.7. The SMILES string of the molecule is Cc1ccc(CCC(=O)NC2(CCl)CCOCC2)cc1. The number of amides is 1. The Hall–Kier alpha value is -1.06. The molecule has 0 aromatic heterocycles. The molecule has 2 rings (SSSR count). The van der Waals surface area contributed by atoms with Crippen LogP contribution in [-0.4, -0.2) is 30.5 Å². The summed E-state index contributed by atoms with van der Waals surface area (Å²) in [6.45, 7) is 3.40. The van der Waals surface area contributed by atoms with Crippen LogP contribution in [0.4, 0.5) is 0 Å². The summed E-state index contributed by atoms with van der Waals surface area (Å²) in [4.78, 5) is 12.1. The molecule has 0 radical (unpaired) electrons. The van der Waals surface area contributed by atoms with Crippen LogP contribution in [0.1, 0.15) is 30.4 Å². The Balaban J connectivity index is 1.83. The van der Waals surface area contributed by atoms with Crippen LogP contribution >= 0.6 is 11.6 Å². The third-order valence-electron chi connectivity index (χ3n) is 3.87. The maximum absolute atomic E-state index is 12.1. The number of halogens is 1. The number of nitrogens with one attached hydrogen (secondary N) is 1. The number of alkyl halides is 1. The normalized spacial score (nSPS) is 17.7. The molecule has 0 atom stereocenters. The Labute approximate surface area is 125 Å². The first-order chi connectivity index (χ1) is 9.63. The number of rotatable bonds is 5. The minimum absolute atomic E-state index is 0.0770. The predicted octanol–water partition coefficient (Wildman–Crippen LogP) is 2.83. The molecule has 0 saturated carbocycles. The molecule has 1 saturated heterocycles. The lowest BCUT2D eigenvalue weighted by Crippen LogP contribution is -2.53. The van der Waals surface area contributed by atoms with Crippen molar-refractivity contribution in [3.8, 4) is 0 Å². The zero-order valence-electron chi connectivity index (χ0n) is 12.0. The monoisotopic (exact) mass is 295 g/mol. The van der Waals surface area contributed by atoms with Crippen molar-refractivity contribution in [2.24, 2.45) is 0 Å². The lowest BCUT2D eigenvalue weighted by molar-refractivity contribution is -0.123. The fraction of sp³-hybridized carbons (Fsp3) is 0.562. The number of aryl methyl sites for hydroxylation is 2. The molecule has 1 fully saturated rings. The van der Waals surface area contributed by atoms with Gasteiger partial charge < -0.3 is 10.1 Å². The second kappa shape index (κ2) is 7.09. The Morgan fingerprint density at radius 1 is 1.30 bits per heavy atom. The minimum Gasteiger partial charge on any atom is -0.381 e. The molecular formula is C16H22ClNO2. The van der Waals surface area contributed by atoms with Gasteiger partial charge in [-0.2, -0.15) is 0 Å². The standard InChI is InChI=1S/C16H22ClNO2/c1-13-2-4-14(5-3-13)6-7-15(19)18-16(12-17)8-10-20-11-9-16/h2-5H,6-12H2,1H3,(H,18,19). The van der Waals surface area contributed by atoms with E-state index in [-0.39, 0.29) is 11.4 Å². The average molecular weight is 296 g/mol. The third-order valence-corrected chi connectivity index (χ3v) is 4.38. The van der Waals surface area contributed by atoms with E-state index in [0.717, 1.165) is 19.3 Å². The fourth-order valence-corrected chi connectivity index (χ4v) is 2.76. The van der Waals surface area contributed by atoms with Gasteiger partial charge in [-0.3, -0.25) is 4.79 Å². The van der Waals surface area contributed by atoms with Gasteiger partial charge in [0.15, 0.2) is 0 Å². The van der Waals surface area contributed by atoms with Crippen LogP contribution < -0.4 is 5.32 Å². The van der Waals surface area contributed by atoms with Crippen LogP contribution in [0.25, 0.3) is 0 Å². The summed E-state index contributed by atoms with van der Waals surface area (Å²) in [5.74, 6) is 0.528. The van der Waals surface area contributed by atoms with Crippen molar-refractivity contribution in [2.45, 2.75) is 38.1 Å². The van der Waals surface area contributed by atoms with Gasteiger partial charge in [-0.15, -0.1) is 11.6 Å². The quantitative estimate of drug-likeness (QED) is 0.848. The summed E-state index contributed by atoms with van der Waals surface area (Å²) < 4.78 is 5.34. The van der Waals surface area contributed by atoms with Crippen molar-refractivity contribution in [2.75, 3.05) is 19.1 Å². The Kier molecular flexibility index (Phi) is 5.44. The van der Waals surface area contributed by atoms with Crippen LogP contribution in [0, 0.1) is 6.92 Å². The summed E-state index contributed by atoms with van der Waals surface area (Å²) in [5.41, 5.74) is 2.16. The highest BCUT2D eigenvalue weighted by Crippen LogP contribution is 2.22. The number of benzene rings is 1. The highest BCUT2D eigenvalue weighted by Gasteiger charge is 2.33. The molecule has 110 valence electrons. The smallest absolute Gasteiger partial charge is 0.220 e. The van der Waals surface area contributed by atoms with E-state index < -0.39 is 0 Å². The molecular weight excluding hydrogens is 274 g/mol. The van der Waals surface area contributed by atoms with Crippen LogP contribution in [0.3, 0.4) is 0 Å². The van der Waals surface area contributed by atoms with Gasteiger partial charge in [0, 0.05) is 25.5 Å². The largest absolute Gasteiger partial charge is 0.381 e. The van der Waals surface area contributed by atoms with Crippen molar-refractivity contribution >= 4 is 17.5 Å². The molecule has 0 bridgehead atoms. The number of hydrogen-bond acceptors (Lipinski definition) is 2. The highest BCUT2D eigenvalue weighted by molar-refractivity contribution is 6.18. The van der Waals surface area contributed by atoms with Crippen LogP contribution in [0.15, 0.2) is 24.3 Å². The van der Waals surface area contributed by atoms with E-state index in [0.29, 0.717) is 25.5 Å². The van der Waals surface area contributed by atoms with Gasteiger partial charge in [0.05, 0.1) is 5.54 Å². The summed E-state index contributed by atoms with van der Waals surface area (Å²) in [6, 6.07) is 8.31.